The molecule has 0 spiro atoms. The molecule has 0 atom stereocenters. The molecule has 4 N–H and O–H groups in total. The van der Waals surface area contributed by atoms with Gasteiger partial charge in [0.25, 0.3) is 0 Å². The molecule has 0 saturated heterocycles. The standard InChI is InChI=1S/C2H8N2.2K/c3-1-2-4;;/h1-4H2;;. The predicted molar refractivity (Wildman–Crippen MR) is 29.6 cm³/mol. The maximum atomic E-state index is 4.90. The summed E-state index contributed by atoms with van der Waals surface area (Å²) in [6, 6.07) is 0. The van der Waals surface area contributed by atoms with E-state index in [-0.39, 0.29) is 103 Å². The average Bonchev–Trinajstić information content (AvgIpc) is 1.37. The van der Waals surface area contributed by atoms with Crippen molar-refractivity contribution in [3.63, 3.8) is 0 Å². The SMILES string of the molecule is NCCN.[K].[K]. The summed E-state index contributed by atoms with van der Waals surface area (Å²) in [5.74, 6) is 0. The van der Waals surface area contributed by atoms with E-state index >= 15 is 0 Å². The molecule has 0 aromatic rings. The van der Waals surface area contributed by atoms with E-state index < -0.39 is 0 Å². The Morgan fingerprint density at radius 3 is 1.00 bits per heavy atom. The van der Waals surface area contributed by atoms with Gasteiger partial charge in [-0.05, 0) is 0 Å². The Morgan fingerprint density at radius 2 is 1.00 bits per heavy atom. The first-order chi connectivity index (χ1) is 1.91. The third-order valence-electron chi connectivity index (χ3n) is 0.167. The molecule has 0 heterocycles. The summed E-state index contributed by atoms with van der Waals surface area (Å²) in [6.45, 7) is 1.19. The van der Waals surface area contributed by atoms with Crippen LogP contribution in [0.15, 0.2) is 0 Å². The van der Waals surface area contributed by atoms with Crippen molar-refractivity contribution in [3.8, 4) is 0 Å². The molecule has 0 aliphatic rings. The van der Waals surface area contributed by atoms with Crippen LogP contribution in [0.3, 0.4) is 0 Å². The molecule has 0 bridgehead atoms. The molecule has 28 valence electrons. The summed E-state index contributed by atoms with van der Waals surface area (Å²) < 4.78 is 0. The summed E-state index contributed by atoms with van der Waals surface area (Å²) >= 11 is 0. The topological polar surface area (TPSA) is 52.0 Å². The fourth-order valence-corrected chi connectivity index (χ4v) is 0. The van der Waals surface area contributed by atoms with Crippen LogP contribution in [-0.2, 0) is 0 Å². The minimum Gasteiger partial charge on any atom is -0.329 e. The van der Waals surface area contributed by atoms with Crippen LogP contribution in [0, 0.1) is 0 Å². The fraction of sp³-hybridized carbons (Fsp3) is 1.00. The summed E-state index contributed by atoms with van der Waals surface area (Å²) in [4.78, 5) is 0. The molecule has 0 unspecified atom stereocenters. The van der Waals surface area contributed by atoms with E-state index in [9.17, 15) is 0 Å². The van der Waals surface area contributed by atoms with Gasteiger partial charge in [0, 0.05) is 116 Å². The summed E-state index contributed by atoms with van der Waals surface area (Å²) in [5.41, 5.74) is 9.81. The molecule has 2 nitrogen and oxygen atoms in total. The monoisotopic (exact) mass is 138 g/mol. The van der Waals surface area contributed by atoms with Gasteiger partial charge in [-0.3, -0.25) is 0 Å². The fourth-order valence-electron chi connectivity index (χ4n) is 0. The van der Waals surface area contributed by atoms with E-state index in [1.165, 1.54) is 0 Å². The van der Waals surface area contributed by atoms with Crippen LogP contribution >= 0.6 is 0 Å². The number of hydrogen-bond acceptors (Lipinski definition) is 2. The molecule has 0 aliphatic heterocycles. The zero-order valence-electron chi connectivity index (χ0n) is 4.57. The summed E-state index contributed by atoms with van der Waals surface area (Å²) in [6.07, 6.45) is 0. The first-order valence-corrected chi connectivity index (χ1v) is 1.32. The van der Waals surface area contributed by atoms with Crippen molar-refractivity contribution in [2.75, 3.05) is 13.1 Å². The second-order valence-corrected chi connectivity index (χ2v) is 0.577. The number of hydrogen-bond donors (Lipinski definition) is 2. The van der Waals surface area contributed by atoms with E-state index in [2.05, 4.69) is 0 Å². The molecule has 4 heteroatoms. The van der Waals surface area contributed by atoms with Crippen LogP contribution in [0.1, 0.15) is 0 Å². The normalized spacial score (nSPS) is 5.00. The van der Waals surface area contributed by atoms with Crippen LogP contribution in [0.25, 0.3) is 0 Å². The molecule has 0 aromatic heterocycles. The maximum Gasteiger partial charge on any atom is 0.00461 e. The van der Waals surface area contributed by atoms with Gasteiger partial charge in [-0.1, -0.05) is 0 Å². The molecule has 0 aliphatic carbocycles. The Balaban J connectivity index is -0.0000000450. The average molecular weight is 138 g/mol. The minimum atomic E-state index is 0. The van der Waals surface area contributed by atoms with E-state index in [1.54, 1.807) is 0 Å². The van der Waals surface area contributed by atoms with Crippen LogP contribution in [0.2, 0.25) is 0 Å². The van der Waals surface area contributed by atoms with Crippen LogP contribution < -0.4 is 11.5 Å². The molecular formula is C2H8K2N2. The first-order valence-electron chi connectivity index (χ1n) is 1.32. The predicted octanol–water partition coefficient (Wildman–Crippen LogP) is -1.86. The second kappa shape index (κ2) is 15.7. The molecular weight excluding hydrogens is 130 g/mol. The van der Waals surface area contributed by atoms with Gasteiger partial charge < -0.3 is 11.5 Å². The van der Waals surface area contributed by atoms with Crippen molar-refractivity contribution in [3.05, 3.63) is 0 Å². The quantitative estimate of drug-likeness (QED) is 0.418. The van der Waals surface area contributed by atoms with Gasteiger partial charge in [-0.2, -0.15) is 0 Å². The summed E-state index contributed by atoms with van der Waals surface area (Å²) in [7, 11) is 0. The first kappa shape index (κ1) is 16.1. The largest absolute Gasteiger partial charge is 0.329 e. The number of rotatable bonds is 1. The zero-order valence-corrected chi connectivity index (χ0v) is 10.8. The van der Waals surface area contributed by atoms with Crippen LogP contribution in [0.4, 0.5) is 0 Å². The van der Waals surface area contributed by atoms with Crippen molar-refractivity contribution in [1.29, 1.82) is 0 Å². The molecule has 0 saturated carbocycles. The van der Waals surface area contributed by atoms with Crippen molar-refractivity contribution in [2.24, 2.45) is 11.5 Å². The molecule has 0 fully saturated rings. The zero-order chi connectivity index (χ0) is 3.41. The molecule has 0 aromatic carbocycles. The number of nitrogens with two attached hydrogens (primary N) is 2. The Morgan fingerprint density at radius 1 is 0.833 bits per heavy atom. The van der Waals surface area contributed by atoms with Gasteiger partial charge in [-0.15, -0.1) is 0 Å². The van der Waals surface area contributed by atoms with Gasteiger partial charge in [0.05, 0.1) is 0 Å². The molecule has 6 heavy (non-hydrogen) atoms. The Kier molecular flexibility index (Phi) is 42.2. The van der Waals surface area contributed by atoms with Gasteiger partial charge in [0.2, 0.25) is 0 Å². The van der Waals surface area contributed by atoms with Gasteiger partial charge in [0.15, 0.2) is 0 Å². The van der Waals surface area contributed by atoms with Crippen molar-refractivity contribution < 1.29 is 0 Å². The van der Waals surface area contributed by atoms with E-state index in [0.29, 0.717) is 13.1 Å². The van der Waals surface area contributed by atoms with E-state index in [0.717, 1.165) is 0 Å². The third-order valence-corrected chi connectivity index (χ3v) is 0.167. The van der Waals surface area contributed by atoms with Gasteiger partial charge in [-0.25, -0.2) is 0 Å². The Hall–Kier alpha value is 3.19. The summed E-state index contributed by atoms with van der Waals surface area (Å²) in [5, 5.41) is 0. The smallest absolute Gasteiger partial charge is 0.00461 e. The minimum absolute atomic E-state index is 0. The molecule has 0 rings (SSSR count). The van der Waals surface area contributed by atoms with Crippen LogP contribution in [-0.4, -0.2) is 116 Å². The van der Waals surface area contributed by atoms with Crippen molar-refractivity contribution in [2.45, 2.75) is 0 Å². The molecule has 2 radical (unpaired) electrons. The maximum absolute atomic E-state index is 4.90. The van der Waals surface area contributed by atoms with Crippen molar-refractivity contribution >= 4 is 103 Å². The molecule has 0 amide bonds. The van der Waals surface area contributed by atoms with Crippen LogP contribution in [0.5, 0.6) is 0 Å². The Labute approximate surface area is 124 Å². The van der Waals surface area contributed by atoms with Gasteiger partial charge >= 0.3 is 0 Å². The van der Waals surface area contributed by atoms with E-state index in [4.69, 9.17) is 11.5 Å². The Bertz CT molecular complexity index is 11.5. The van der Waals surface area contributed by atoms with Gasteiger partial charge in [0.1, 0.15) is 0 Å². The third kappa shape index (κ3) is 15.7. The van der Waals surface area contributed by atoms with E-state index in [1.807, 2.05) is 0 Å². The van der Waals surface area contributed by atoms with Crippen molar-refractivity contribution in [1.82, 2.24) is 0 Å². The second-order valence-electron chi connectivity index (χ2n) is 0.577.